The molecule has 0 aliphatic heterocycles. The largest absolute Gasteiger partial charge is 0.256 e. The molecule has 3 heteroatoms. The molecule has 30 heavy (non-hydrogen) atoms. The van der Waals surface area contributed by atoms with E-state index < -0.39 is 16.1 Å². The molecule has 0 aliphatic carbocycles. The lowest BCUT2D eigenvalue weighted by molar-refractivity contribution is 0.729. The summed E-state index contributed by atoms with van der Waals surface area (Å²) in [5.41, 5.74) is 9.80. The Morgan fingerprint density at radius 2 is 1.13 bits per heavy atom. The fourth-order valence-electron chi connectivity index (χ4n) is 2.77. The minimum atomic E-state index is -1.51. The molecular formula is C27H41NSi2. The smallest absolute Gasteiger partial charge is 0.0770 e. The summed E-state index contributed by atoms with van der Waals surface area (Å²) in [6.07, 6.45) is 6.60. The van der Waals surface area contributed by atoms with Crippen molar-refractivity contribution in [1.82, 2.24) is 4.98 Å². The van der Waals surface area contributed by atoms with E-state index >= 15 is 0 Å². The molecule has 0 amide bonds. The molecule has 2 rings (SSSR count). The molecule has 0 saturated heterocycles. The van der Waals surface area contributed by atoms with Gasteiger partial charge in [0.2, 0.25) is 0 Å². The maximum atomic E-state index is 4.71. The zero-order chi connectivity index (χ0) is 22.8. The zero-order valence-electron chi connectivity index (χ0n) is 20.8. The summed E-state index contributed by atoms with van der Waals surface area (Å²) in [5, 5.41) is 0.656. The van der Waals surface area contributed by atoms with Gasteiger partial charge in [0.15, 0.2) is 0 Å². The molecule has 1 aromatic carbocycles. The zero-order valence-corrected chi connectivity index (χ0v) is 22.8. The number of hydrogen-bond acceptors (Lipinski definition) is 1. The van der Waals surface area contributed by atoms with Gasteiger partial charge in [-0.25, -0.2) is 0 Å². The van der Waals surface area contributed by atoms with Gasteiger partial charge in [-0.2, -0.15) is 0 Å². The summed E-state index contributed by atoms with van der Waals surface area (Å²) in [6, 6.07) is 12.8. The van der Waals surface area contributed by atoms with Crippen LogP contribution >= 0.6 is 0 Å². The fraction of sp³-hybridized carbons (Fsp3) is 0.444. The van der Waals surface area contributed by atoms with Crippen LogP contribution in [-0.2, 0) is 0 Å². The number of aromatic nitrogens is 1. The van der Waals surface area contributed by atoms with Crippen LogP contribution in [-0.4, -0.2) is 21.1 Å². The van der Waals surface area contributed by atoms with Crippen LogP contribution in [0.1, 0.15) is 52.7 Å². The second kappa shape index (κ2) is 8.80. The van der Waals surface area contributed by atoms with Crippen LogP contribution in [0.5, 0.6) is 0 Å². The summed E-state index contributed by atoms with van der Waals surface area (Å²) in [7, 11) is -3.03. The fourth-order valence-corrected chi connectivity index (χ4v) is 4.96. The van der Waals surface area contributed by atoms with E-state index in [0.717, 1.165) is 5.69 Å². The van der Waals surface area contributed by atoms with Crippen molar-refractivity contribution in [3.63, 3.8) is 0 Å². The van der Waals surface area contributed by atoms with Crippen molar-refractivity contribution < 1.29 is 0 Å². The molecule has 0 saturated carbocycles. The van der Waals surface area contributed by atoms with E-state index in [0.29, 0.717) is 10.1 Å². The van der Waals surface area contributed by atoms with Gasteiger partial charge in [0, 0.05) is 11.8 Å². The highest BCUT2D eigenvalue weighted by atomic mass is 28.3. The van der Waals surface area contributed by atoms with Gasteiger partial charge in [0.25, 0.3) is 0 Å². The summed E-state index contributed by atoms with van der Waals surface area (Å²) >= 11 is 0. The van der Waals surface area contributed by atoms with Crippen LogP contribution < -0.4 is 0 Å². The van der Waals surface area contributed by atoms with Crippen molar-refractivity contribution >= 4 is 28.3 Å². The SMILES string of the molecule is CC(C)(C)[Si](C)(C)/C=C/c1cccc(/C=C/[Si](C)(C)C(C)(C)C)c1-c1ccccn1. The third kappa shape index (κ3) is 5.70. The van der Waals surface area contributed by atoms with Crippen molar-refractivity contribution in [3.05, 3.63) is 65.1 Å². The minimum absolute atomic E-state index is 0.328. The Hall–Kier alpha value is -1.72. The quantitative estimate of drug-likeness (QED) is 0.427. The van der Waals surface area contributed by atoms with Crippen molar-refractivity contribution in [1.29, 1.82) is 0 Å². The summed E-state index contributed by atoms with van der Waals surface area (Å²) < 4.78 is 0. The third-order valence-electron chi connectivity index (χ3n) is 7.28. The first-order chi connectivity index (χ1) is 13.7. The maximum Gasteiger partial charge on any atom is 0.0770 e. The summed E-state index contributed by atoms with van der Waals surface area (Å²) in [4.78, 5) is 4.71. The first-order valence-electron chi connectivity index (χ1n) is 11.1. The Morgan fingerprint density at radius 3 is 1.50 bits per heavy atom. The Labute approximate surface area is 187 Å². The number of benzene rings is 1. The van der Waals surface area contributed by atoms with Gasteiger partial charge < -0.3 is 0 Å². The Kier molecular flexibility index (Phi) is 7.20. The Bertz CT molecular complexity index is 854. The van der Waals surface area contributed by atoms with Gasteiger partial charge in [0.05, 0.1) is 21.8 Å². The molecule has 162 valence electrons. The molecule has 0 unspecified atom stereocenters. The molecule has 0 atom stereocenters. The van der Waals surface area contributed by atoms with Crippen LogP contribution in [0.3, 0.4) is 0 Å². The molecule has 0 N–H and O–H groups in total. The van der Waals surface area contributed by atoms with Crippen LogP contribution in [0.4, 0.5) is 0 Å². The number of hydrogen-bond donors (Lipinski definition) is 0. The second-order valence-electron chi connectivity index (χ2n) is 11.6. The maximum absolute atomic E-state index is 4.71. The van der Waals surface area contributed by atoms with E-state index in [-0.39, 0.29) is 0 Å². The lowest BCUT2D eigenvalue weighted by atomic mass is 9.97. The van der Waals surface area contributed by atoms with Crippen LogP contribution in [0.2, 0.25) is 36.3 Å². The predicted octanol–water partition coefficient (Wildman–Crippen LogP) is 8.87. The predicted molar refractivity (Wildman–Crippen MR) is 142 cm³/mol. The van der Waals surface area contributed by atoms with Crippen LogP contribution in [0, 0.1) is 0 Å². The van der Waals surface area contributed by atoms with E-state index in [4.69, 9.17) is 4.98 Å². The van der Waals surface area contributed by atoms with E-state index in [1.165, 1.54) is 16.7 Å². The van der Waals surface area contributed by atoms with E-state index in [2.05, 4.69) is 122 Å². The molecule has 0 spiro atoms. The highest BCUT2D eigenvalue weighted by Gasteiger charge is 2.33. The van der Waals surface area contributed by atoms with Crippen LogP contribution in [0.25, 0.3) is 23.4 Å². The van der Waals surface area contributed by atoms with Gasteiger partial charge in [-0.15, -0.1) is 0 Å². The topological polar surface area (TPSA) is 12.9 Å². The van der Waals surface area contributed by atoms with Gasteiger partial charge in [0.1, 0.15) is 0 Å². The van der Waals surface area contributed by atoms with Gasteiger partial charge in [-0.05, 0) is 33.3 Å². The second-order valence-corrected chi connectivity index (χ2v) is 22.2. The van der Waals surface area contributed by atoms with Crippen LogP contribution in [0.15, 0.2) is 54.0 Å². The lowest BCUT2D eigenvalue weighted by Gasteiger charge is -2.34. The molecular weight excluding hydrogens is 394 g/mol. The monoisotopic (exact) mass is 435 g/mol. The molecule has 1 aromatic heterocycles. The van der Waals surface area contributed by atoms with Crippen molar-refractivity contribution in [2.24, 2.45) is 0 Å². The highest BCUT2D eigenvalue weighted by molar-refractivity contribution is 6.85. The molecule has 1 heterocycles. The number of rotatable bonds is 5. The van der Waals surface area contributed by atoms with E-state index in [9.17, 15) is 0 Å². The standard InChI is InChI=1S/C27H41NSi2/c1-26(2,3)29(7,8)20-17-22-14-13-15-23(18-21-30(9,10)27(4,5)6)25(22)24-16-11-12-19-28-24/h11-21H,1-10H3/b20-17+,21-18+. The molecule has 2 aromatic rings. The summed E-state index contributed by atoms with van der Waals surface area (Å²) in [6.45, 7) is 24.0. The van der Waals surface area contributed by atoms with Gasteiger partial charge >= 0.3 is 0 Å². The Balaban J connectivity index is 2.62. The van der Waals surface area contributed by atoms with Crippen molar-refractivity contribution in [2.45, 2.75) is 77.8 Å². The molecule has 0 radical (unpaired) electrons. The summed E-state index contributed by atoms with van der Waals surface area (Å²) in [5.74, 6) is 0. The van der Waals surface area contributed by atoms with Gasteiger partial charge in [-0.3, -0.25) is 4.98 Å². The minimum Gasteiger partial charge on any atom is -0.256 e. The lowest BCUT2D eigenvalue weighted by Crippen LogP contribution is -2.34. The van der Waals surface area contributed by atoms with E-state index in [1.54, 1.807) is 0 Å². The average molecular weight is 436 g/mol. The highest BCUT2D eigenvalue weighted by Crippen LogP contribution is 2.39. The first-order valence-corrected chi connectivity index (χ1v) is 17.2. The van der Waals surface area contributed by atoms with Gasteiger partial charge in [-0.1, -0.05) is 116 Å². The molecule has 0 aliphatic rings. The Morgan fingerprint density at radius 1 is 0.667 bits per heavy atom. The average Bonchev–Trinajstić information content (AvgIpc) is 2.63. The number of pyridine rings is 1. The first kappa shape index (κ1) is 24.6. The van der Waals surface area contributed by atoms with E-state index in [1.807, 2.05) is 12.3 Å². The molecule has 0 bridgehead atoms. The number of nitrogens with zero attached hydrogens (tertiary/aromatic N) is 1. The normalized spacial score (nSPS) is 14.1. The van der Waals surface area contributed by atoms with Crippen molar-refractivity contribution in [2.75, 3.05) is 0 Å². The molecule has 1 nitrogen and oxygen atoms in total. The molecule has 0 fully saturated rings. The third-order valence-corrected chi connectivity index (χ3v) is 17.0. The van der Waals surface area contributed by atoms with Crippen molar-refractivity contribution in [3.8, 4) is 11.3 Å².